The van der Waals surface area contributed by atoms with E-state index in [0.717, 1.165) is 5.69 Å². The van der Waals surface area contributed by atoms with Crippen LogP contribution in [0.2, 0.25) is 0 Å². The van der Waals surface area contributed by atoms with Crippen molar-refractivity contribution in [1.82, 2.24) is 15.5 Å². The van der Waals surface area contributed by atoms with Crippen molar-refractivity contribution in [2.75, 3.05) is 5.73 Å². The fourth-order valence-electron chi connectivity index (χ4n) is 2.15. The van der Waals surface area contributed by atoms with Crippen molar-refractivity contribution < 1.29 is 9.18 Å². The number of rotatable bonds is 4. The third-order valence-corrected chi connectivity index (χ3v) is 3.35. The van der Waals surface area contributed by atoms with E-state index in [0.29, 0.717) is 11.3 Å². The maximum atomic E-state index is 13.7. The molecule has 1 unspecified atom stereocenters. The Morgan fingerprint density at radius 1 is 1.33 bits per heavy atom. The number of benzene rings is 1. The van der Waals surface area contributed by atoms with Gasteiger partial charge in [0.25, 0.3) is 5.91 Å². The van der Waals surface area contributed by atoms with Crippen molar-refractivity contribution in [3.63, 3.8) is 0 Å². The number of hydrogen-bond acceptors (Lipinski definition) is 3. The quantitative estimate of drug-likeness (QED) is 0.809. The molecule has 21 heavy (non-hydrogen) atoms. The number of halogens is 1. The first-order valence-electron chi connectivity index (χ1n) is 6.80. The van der Waals surface area contributed by atoms with Gasteiger partial charge in [-0.15, -0.1) is 0 Å². The molecule has 0 fully saturated rings. The molecule has 0 radical (unpaired) electrons. The second-order valence-corrected chi connectivity index (χ2v) is 5.27. The Morgan fingerprint density at radius 2 is 2.00 bits per heavy atom. The number of carbonyl (C=O) groups excluding carboxylic acids is 1. The number of nitrogens with two attached hydrogens (primary N) is 1. The molecule has 5 nitrogen and oxygen atoms in total. The van der Waals surface area contributed by atoms with Gasteiger partial charge in [0, 0.05) is 5.56 Å². The molecule has 6 heteroatoms. The Kier molecular flexibility index (Phi) is 4.26. The number of carbonyl (C=O) groups is 1. The van der Waals surface area contributed by atoms with Crippen LogP contribution in [0.4, 0.5) is 10.1 Å². The van der Waals surface area contributed by atoms with Gasteiger partial charge in [-0.1, -0.05) is 32.0 Å². The van der Waals surface area contributed by atoms with E-state index >= 15 is 0 Å². The maximum Gasteiger partial charge on any atom is 0.274 e. The van der Waals surface area contributed by atoms with Gasteiger partial charge >= 0.3 is 0 Å². The highest BCUT2D eigenvalue weighted by molar-refractivity contribution is 5.97. The van der Waals surface area contributed by atoms with Crippen LogP contribution in [-0.2, 0) is 0 Å². The van der Waals surface area contributed by atoms with Crippen LogP contribution in [-0.4, -0.2) is 16.1 Å². The Labute approximate surface area is 122 Å². The van der Waals surface area contributed by atoms with Gasteiger partial charge in [0.05, 0.1) is 17.4 Å². The number of H-pyrrole nitrogens is 1. The molecule has 0 saturated heterocycles. The predicted octanol–water partition coefficient (Wildman–Crippen LogP) is 2.75. The van der Waals surface area contributed by atoms with E-state index < -0.39 is 11.9 Å². The van der Waals surface area contributed by atoms with E-state index in [-0.39, 0.29) is 17.4 Å². The molecule has 0 spiro atoms. The zero-order valence-electron chi connectivity index (χ0n) is 12.3. The average molecular weight is 290 g/mol. The number of anilines is 1. The van der Waals surface area contributed by atoms with Gasteiger partial charge in [-0.05, 0) is 18.9 Å². The lowest BCUT2D eigenvalue weighted by atomic mass is 10.1. The largest absolute Gasteiger partial charge is 0.395 e. The number of amides is 1. The third-order valence-electron chi connectivity index (χ3n) is 3.35. The first-order valence-corrected chi connectivity index (χ1v) is 6.80. The Balaban J connectivity index is 2.17. The van der Waals surface area contributed by atoms with Crippen LogP contribution in [0.5, 0.6) is 0 Å². The van der Waals surface area contributed by atoms with Gasteiger partial charge in [0.2, 0.25) is 0 Å². The SMILES string of the molecule is CC(C)c1[nH]nc(C(=O)NC(C)c2ccccc2F)c1N. The van der Waals surface area contributed by atoms with E-state index in [4.69, 9.17) is 5.73 Å². The van der Waals surface area contributed by atoms with Crippen LogP contribution >= 0.6 is 0 Å². The fourth-order valence-corrected chi connectivity index (χ4v) is 2.15. The maximum absolute atomic E-state index is 13.7. The molecule has 0 aliphatic rings. The van der Waals surface area contributed by atoms with Crippen molar-refractivity contribution in [2.24, 2.45) is 0 Å². The van der Waals surface area contributed by atoms with Crippen LogP contribution in [0, 0.1) is 5.82 Å². The Hall–Kier alpha value is -2.37. The molecule has 2 aromatic rings. The summed E-state index contributed by atoms with van der Waals surface area (Å²) in [5, 5.41) is 9.42. The van der Waals surface area contributed by atoms with E-state index in [9.17, 15) is 9.18 Å². The van der Waals surface area contributed by atoms with Gasteiger partial charge in [-0.3, -0.25) is 9.89 Å². The van der Waals surface area contributed by atoms with Crippen LogP contribution in [0.15, 0.2) is 24.3 Å². The molecular formula is C15H19FN4O. The molecule has 4 N–H and O–H groups in total. The van der Waals surface area contributed by atoms with Gasteiger partial charge in [0.15, 0.2) is 5.69 Å². The number of nitrogens with zero attached hydrogens (tertiary/aromatic N) is 1. The first kappa shape index (κ1) is 15.0. The van der Waals surface area contributed by atoms with Crippen molar-refractivity contribution >= 4 is 11.6 Å². The lowest BCUT2D eigenvalue weighted by Crippen LogP contribution is -2.28. The molecule has 0 saturated carbocycles. The molecule has 1 aromatic heterocycles. The number of nitrogen functional groups attached to an aromatic ring is 1. The Morgan fingerprint density at radius 3 is 2.57 bits per heavy atom. The number of aromatic nitrogens is 2. The highest BCUT2D eigenvalue weighted by Gasteiger charge is 2.21. The molecule has 1 atom stereocenters. The molecule has 0 aliphatic heterocycles. The van der Waals surface area contributed by atoms with Crippen molar-refractivity contribution in [3.8, 4) is 0 Å². The fraction of sp³-hybridized carbons (Fsp3) is 0.333. The summed E-state index contributed by atoms with van der Waals surface area (Å²) in [4.78, 5) is 12.2. The first-order chi connectivity index (χ1) is 9.91. The minimum atomic E-state index is -0.475. The van der Waals surface area contributed by atoms with E-state index in [2.05, 4.69) is 15.5 Å². The van der Waals surface area contributed by atoms with Gasteiger partial charge in [-0.2, -0.15) is 5.10 Å². The smallest absolute Gasteiger partial charge is 0.274 e. The van der Waals surface area contributed by atoms with Crippen LogP contribution < -0.4 is 11.1 Å². The summed E-state index contributed by atoms with van der Waals surface area (Å²) in [6.07, 6.45) is 0. The van der Waals surface area contributed by atoms with Crippen LogP contribution in [0.1, 0.15) is 54.5 Å². The van der Waals surface area contributed by atoms with Gasteiger partial charge in [0.1, 0.15) is 5.82 Å². The highest BCUT2D eigenvalue weighted by Crippen LogP contribution is 2.23. The normalized spacial score (nSPS) is 12.4. The van der Waals surface area contributed by atoms with Crippen molar-refractivity contribution in [1.29, 1.82) is 0 Å². The van der Waals surface area contributed by atoms with Crippen LogP contribution in [0.25, 0.3) is 0 Å². The monoisotopic (exact) mass is 290 g/mol. The highest BCUT2D eigenvalue weighted by atomic mass is 19.1. The predicted molar refractivity (Wildman–Crippen MR) is 79.4 cm³/mol. The minimum absolute atomic E-state index is 0.141. The Bertz CT molecular complexity index is 651. The summed E-state index contributed by atoms with van der Waals surface area (Å²) in [6, 6.07) is 5.85. The van der Waals surface area contributed by atoms with Gasteiger partial charge < -0.3 is 11.1 Å². The molecular weight excluding hydrogens is 271 g/mol. The van der Waals surface area contributed by atoms with E-state index in [1.165, 1.54) is 6.07 Å². The van der Waals surface area contributed by atoms with E-state index in [1.807, 2.05) is 13.8 Å². The minimum Gasteiger partial charge on any atom is -0.395 e. The number of hydrogen-bond donors (Lipinski definition) is 3. The topological polar surface area (TPSA) is 83.8 Å². The second kappa shape index (κ2) is 5.95. The summed E-state index contributed by atoms with van der Waals surface area (Å²) >= 11 is 0. The number of aromatic amines is 1. The van der Waals surface area contributed by atoms with Crippen LogP contribution in [0.3, 0.4) is 0 Å². The summed E-state index contributed by atoms with van der Waals surface area (Å²) in [5.41, 5.74) is 7.54. The molecule has 1 amide bonds. The summed E-state index contributed by atoms with van der Waals surface area (Å²) in [7, 11) is 0. The summed E-state index contributed by atoms with van der Waals surface area (Å²) < 4.78 is 13.7. The van der Waals surface area contributed by atoms with Crippen molar-refractivity contribution in [2.45, 2.75) is 32.7 Å². The third kappa shape index (κ3) is 3.04. The summed E-state index contributed by atoms with van der Waals surface area (Å²) in [5.74, 6) is -0.641. The average Bonchev–Trinajstić information content (AvgIpc) is 2.81. The zero-order valence-corrected chi connectivity index (χ0v) is 12.3. The molecule has 1 aromatic carbocycles. The lowest BCUT2D eigenvalue weighted by molar-refractivity contribution is 0.0935. The molecule has 1 heterocycles. The lowest BCUT2D eigenvalue weighted by Gasteiger charge is -2.14. The standard InChI is InChI=1S/C15H19FN4O/c1-8(2)13-12(17)14(20-19-13)15(21)18-9(3)10-6-4-5-7-11(10)16/h4-9H,17H2,1-3H3,(H,18,21)(H,19,20). The van der Waals surface area contributed by atoms with Crippen molar-refractivity contribution in [3.05, 3.63) is 47.0 Å². The second-order valence-electron chi connectivity index (χ2n) is 5.27. The summed E-state index contributed by atoms with van der Waals surface area (Å²) in [6.45, 7) is 5.61. The number of nitrogens with one attached hydrogen (secondary N) is 2. The molecule has 0 bridgehead atoms. The molecule has 0 aliphatic carbocycles. The zero-order chi connectivity index (χ0) is 15.6. The molecule has 112 valence electrons. The molecule has 2 rings (SSSR count). The van der Waals surface area contributed by atoms with Gasteiger partial charge in [-0.25, -0.2) is 4.39 Å². The van der Waals surface area contributed by atoms with E-state index in [1.54, 1.807) is 25.1 Å².